The van der Waals surface area contributed by atoms with Crippen molar-refractivity contribution in [3.05, 3.63) is 22.4 Å². The van der Waals surface area contributed by atoms with E-state index in [1.165, 1.54) is 56.5 Å². The predicted octanol–water partition coefficient (Wildman–Crippen LogP) is 3.55. The lowest BCUT2D eigenvalue weighted by Gasteiger charge is -2.35. The largest absolute Gasteiger partial charge is 0.355 e. The van der Waals surface area contributed by atoms with Gasteiger partial charge in [0, 0.05) is 24.0 Å². The van der Waals surface area contributed by atoms with Gasteiger partial charge in [-0.1, -0.05) is 25.3 Å². The molecule has 1 N–H and O–H groups in total. The molecule has 1 amide bonds. The van der Waals surface area contributed by atoms with E-state index in [0.717, 1.165) is 25.4 Å². The van der Waals surface area contributed by atoms with E-state index >= 15 is 0 Å². The molecule has 2 heterocycles. The van der Waals surface area contributed by atoms with E-state index in [1.807, 2.05) is 0 Å². The predicted molar refractivity (Wildman–Crippen MR) is 94.8 cm³/mol. The van der Waals surface area contributed by atoms with Gasteiger partial charge in [-0.2, -0.15) is 0 Å². The Hall–Kier alpha value is -0.870. The summed E-state index contributed by atoms with van der Waals surface area (Å²) in [6.07, 6.45) is 9.73. The fourth-order valence-electron chi connectivity index (χ4n) is 4.50. The minimum atomic E-state index is -0.235. The molecule has 1 saturated heterocycles. The van der Waals surface area contributed by atoms with E-state index < -0.39 is 0 Å². The molecule has 0 radical (unpaired) electrons. The molecule has 0 spiro atoms. The van der Waals surface area contributed by atoms with E-state index in [9.17, 15) is 4.79 Å². The van der Waals surface area contributed by atoms with Crippen LogP contribution in [0.3, 0.4) is 0 Å². The zero-order valence-corrected chi connectivity index (χ0v) is 14.7. The molecule has 1 aromatic rings. The number of carbonyl (C=O) groups excluding carboxylic acids is 1. The van der Waals surface area contributed by atoms with Crippen LogP contribution in [-0.4, -0.2) is 36.5 Å². The Bertz CT molecular complexity index is 532. The van der Waals surface area contributed by atoms with E-state index in [2.05, 4.69) is 27.7 Å². The van der Waals surface area contributed by atoms with Crippen molar-refractivity contribution in [3.63, 3.8) is 0 Å². The van der Waals surface area contributed by atoms with E-state index in [0.29, 0.717) is 11.8 Å². The first-order valence-corrected chi connectivity index (χ1v) is 10.2. The van der Waals surface area contributed by atoms with Gasteiger partial charge < -0.3 is 10.2 Å². The topological polar surface area (TPSA) is 32.3 Å². The first kappa shape index (κ1) is 15.6. The van der Waals surface area contributed by atoms with Gasteiger partial charge in [-0.25, -0.2) is 0 Å². The standard InChI is InChI=1S/C19H28N2OS/c22-18(20-13-15-8-11-21(14-15)16-6-7-16)19(9-2-1-3-10-19)17-5-4-12-23-17/h4-5,12,15-16H,1-3,6-11,13-14H2,(H,20,22). The molecule has 3 aliphatic rings. The molecule has 3 nitrogen and oxygen atoms in total. The van der Waals surface area contributed by atoms with Gasteiger partial charge in [-0.3, -0.25) is 4.79 Å². The van der Waals surface area contributed by atoms with Crippen molar-refractivity contribution in [3.8, 4) is 0 Å². The minimum absolute atomic E-state index is 0.235. The van der Waals surface area contributed by atoms with Crippen molar-refractivity contribution in [2.24, 2.45) is 5.92 Å². The summed E-state index contributed by atoms with van der Waals surface area (Å²) in [5, 5.41) is 5.46. The number of hydrogen-bond donors (Lipinski definition) is 1. The Morgan fingerprint density at radius 1 is 1.26 bits per heavy atom. The number of nitrogens with one attached hydrogen (secondary N) is 1. The summed E-state index contributed by atoms with van der Waals surface area (Å²) >= 11 is 1.76. The SMILES string of the molecule is O=C(NCC1CCN(C2CC2)C1)C1(c2cccs2)CCCCC1. The lowest BCUT2D eigenvalue weighted by molar-refractivity contribution is -0.128. The second-order valence-corrected chi connectivity index (χ2v) is 8.66. The average Bonchev–Trinajstić information content (AvgIpc) is 3.11. The molecule has 0 aromatic carbocycles. The summed E-state index contributed by atoms with van der Waals surface area (Å²) in [5.74, 6) is 0.952. The summed E-state index contributed by atoms with van der Waals surface area (Å²) in [6.45, 7) is 3.30. The Morgan fingerprint density at radius 3 is 2.78 bits per heavy atom. The van der Waals surface area contributed by atoms with Gasteiger partial charge in [0.05, 0.1) is 5.41 Å². The van der Waals surface area contributed by atoms with Crippen molar-refractivity contribution in [1.29, 1.82) is 0 Å². The molecule has 3 fully saturated rings. The molecule has 2 saturated carbocycles. The number of thiophene rings is 1. The maximum atomic E-state index is 13.1. The Balaban J connectivity index is 1.38. The van der Waals surface area contributed by atoms with Gasteiger partial charge in [-0.05, 0) is 56.0 Å². The monoisotopic (exact) mass is 332 g/mol. The quantitative estimate of drug-likeness (QED) is 0.894. The van der Waals surface area contributed by atoms with Gasteiger partial charge >= 0.3 is 0 Å². The number of carbonyl (C=O) groups is 1. The maximum absolute atomic E-state index is 13.1. The van der Waals surface area contributed by atoms with Crippen LogP contribution < -0.4 is 5.32 Å². The van der Waals surface area contributed by atoms with Crippen LogP contribution in [-0.2, 0) is 10.2 Å². The highest BCUT2D eigenvalue weighted by Crippen LogP contribution is 2.42. The van der Waals surface area contributed by atoms with Crippen LogP contribution in [0.15, 0.2) is 17.5 Å². The number of likely N-dealkylation sites (tertiary alicyclic amines) is 1. The highest BCUT2D eigenvalue weighted by molar-refractivity contribution is 7.10. The third-order valence-electron chi connectivity index (χ3n) is 6.07. The van der Waals surface area contributed by atoms with E-state index in [-0.39, 0.29) is 5.41 Å². The number of hydrogen-bond acceptors (Lipinski definition) is 3. The molecule has 1 atom stereocenters. The lowest BCUT2D eigenvalue weighted by atomic mass is 9.72. The minimum Gasteiger partial charge on any atom is -0.355 e. The van der Waals surface area contributed by atoms with Crippen LogP contribution in [0.2, 0.25) is 0 Å². The molecule has 126 valence electrons. The fourth-order valence-corrected chi connectivity index (χ4v) is 5.48. The number of rotatable bonds is 5. The molecular weight excluding hydrogens is 304 g/mol. The third kappa shape index (κ3) is 3.20. The van der Waals surface area contributed by atoms with Crippen LogP contribution in [0.25, 0.3) is 0 Å². The van der Waals surface area contributed by atoms with Gasteiger partial charge in [0.15, 0.2) is 0 Å². The second-order valence-electron chi connectivity index (χ2n) is 7.71. The maximum Gasteiger partial charge on any atom is 0.231 e. The van der Waals surface area contributed by atoms with Crippen LogP contribution in [0.1, 0.15) is 56.2 Å². The second kappa shape index (κ2) is 6.56. The summed E-state index contributed by atoms with van der Waals surface area (Å²) in [4.78, 5) is 17.0. The molecule has 4 rings (SSSR count). The average molecular weight is 333 g/mol. The summed E-state index contributed by atoms with van der Waals surface area (Å²) in [6, 6.07) is 5.13. The van der Waals surface area contributed by atoms with Crippen LogP contribution >= 0.6 is 11.3 Å². The van der Waals surface area contributed by atoms with Crippen LogP contribution in [0.4, 0.5) is 0 Å². The zero-order chi connectivity index (χ0) is 15.7. The van der Waals surface area contributed by atoms with Gasteiger partial charge in [0.1, 0.15) is 0 Å². The van der Waals surface area contributed by atoms with Crippen LogP contribution in [0, 0.1) is 5.92 Å². The van der Waals surface area contributed by atoms with Crippen molar-refractivity contribution in [2.45, 2.75) is 62.8 Å². The first-order valence-electron chi connectivity index (χ1n) is 9.34. The molecule has 1 aliphatic heterocycles. The molecule has 2 aliphatic carbocycles. The molecule has 4 heteroatoms. The van der Waals surface area contributed by atoms with Gasteiger partial charge in [0.25, 0.3) is 0 Å². The van der Waals surface area contributed by atoms with Crippen molar-refractivity contribution in [2.75, 3.05) is 19.6 Å². The molecular formula is C19H28N2OS. The van der Waals surface area contributed by atoms with Crippen molar-refractivity contribution < 1.29 is 4.79 Å². The normalized spacial score (nSPS) is 27.9. The fraction of sp³-hybridized carbons (Fsp3) is 0.737. The van der Waals surface area contributed by atoms with Gasteiger partial charge in [0.2, 0.25) is 5.91 Å². The van der Waals surface area contributed by atoms with Crippen molar-refractivity contribution >= 4 is 17.2 Å². The zero-order valence-electron chi connectivity index (χ0n) is 13.9. The summed E-state index contributed by atoms with van der Waals surface area (Å²) in [7, 11) is 0. The Labute approximate surface area is 143 Å². The lowest BCUT2D eigenvalue weighted by Crippen LogP contribution is -2.46. The molecule has 23 heavy (non-hydrogen) atoms. The van der Waals surface area contributed by atoms with E-state index in [4.69, 9.17) is 0 Å². The summed E-state index contributed by atoms with van der Waals surface area (Å²) in [5.41, 5.74) is -0.235. The highest BCUT2D eigenvalue weighted by atomic mass is 32.1. The number of nitrogens with zero attached hydrogens (tertiary/aromatic N) is 1. The third-order valence-corrected chi connectivity index (χ3v) is 7.14. The van der Waals surface area contributed by atoms with Gasteiger partial charge in [-0.15, -0.1) is 11.3 Å². The first-order chi connectivity index (χ1) is 11.3. The number of amides is 1. The molecule has 1 aromatic heterocycles. The summed E-state index contributed by atoms with van der Waals surface area (Å²) < 4.78 is 0. The Morgan fingerprint density at radius 2 is 2.09 bits per heavy atom. The molecule has 1 unspecified atom stereocenters. The smallest absolute Gasteiger partial charge is 0.231 e. The van der Waals surface area contributed by atoms with Crippen molar-refractivity contribution in [1.82, 2.24) is 10.2 Å². The Kier molecular flexibility index (Phi) is 4.46. The highest BCUT2D eigenvalue weighted by Gasteiger charge is 2.42. The van der Waals surface area contributed by atoms with Crippen LogP contribution in [0.5, 0.6) is 0 Å². The molecule has 0 bridgehead atoms. The van der Waals surface area contributed by atoms with E-state index in [1.54, 1.807) is 11.3 Å².